The molecule has 1 unspecified atom stereocenters. The van der Waals surface area contributed by atoms with Crippen LogP contribution in [0.5, 0.6) is 5.75 Å². The van der Waals surface area contributed by atoms with Gasteiger partial charge in [0.25, 0.3) is 11.8 Å². The van der Waals surface area contributed by atoms with Crippen molar-refractivity contribution in [3.8, 4) is 16.3 Å². The number of amides is 2. The van der Waals surface area contributed by atoms with Gasteiger partial charge in [-0.05, 0) is 36.5 Å². The molecule has 4 N–H and O–H groups in total. The minimum Gasteiger partial charge on any atom is -0.503 e. The lowest BCUT2D eigenvalue weighted by Crippen LogP contribution is -2.50. The molecule has 176 valence electrons. The van der Waals surface area contributed by atoms with E-state index in [-0.39, 0.29) is 23.6 Å². The third-order valence-electron chi connectivity index (χ3n) is 6.01. The van der Waals surface area contributed by atoms with Gasteiger partial charge in [0.15, 0.2) is 11.4 Å². The van der Waals surface area contributed by atoms with E-state index in [9.17, 15) is 23.9 Å². The maximum absolute atomic E-state index is 13.2. The average molecular weight is 484 g/mol. The second-order valence-electron chi connectivity index (χ2n) is 8.57. The van der Waals surface area contributed by atoms with Gasteiger partial charge in [-0.2, -0.15) is 0 Å². The Morgan fingerprint density at radius 1 is 1.29 bits per heavy atom. The molecule has 9 nitrogen and oxygen atoms in total. The zero-order valence-corrected chi connectivity index (χ0v) is 18.8. The highest BCUT2D eigenvalue weighted by atomic mass is 32.1. The summed E-state index contributed by atoms with van der Waals surface area (Å²) in [6.07, 6.45) is 5.52. The van der Waals surface area contributed by atoms with Crippen molar-refractivity contribution in [2.45, 2.75) is 25.3 Å². The third kappa shape index (κ3) is 4.19. The number of nitrogens with two attached hydrogens (primary N) is 1. The van der Waals surface area contributed by atoms with Gasteiger partial charge >= 0.3 is 0 Å². The van der Waals surface area contributed by atoms with Crippen LogP contribution in [0.25, 0.3) is 10.6 Å². The van der Waals surface area contributed by atoms with Crippen LogP contribution >= 0.6 is 11.3 Å². The Labute approximate surface area is 197 Å². The predicted octanol–water partition coefficient (Wildman–Crippen LogP) is 1.80. The van der Waals surface area contributed by atoms with E-state index in [0.717, 1.165) is 28.3 Å². The summed E-state index contributed by atoms with van der Waals surface area (Å²) in [5.41, 5.74) is -0.0708. The smallest absolute Gasteiger partial charge is 0.272 e. The average Bonchev–Trinajstić information content (AvgIpc) is 3.52. The number of carbonyl (C=O) groups excluding carboxylic acids is 2. The first-order chi connectivity index (χ1) is 16.3. The maximum Gasteiger partial charge on any atom is 0.272 e. The SMILES string of the molecule is NN(CC1CC1)C(=O)C1CNC(=O)c2c(O)c(=O)c(-c3ncc(Cc4ccc(F)cc4)s3)cn21. The number of fused-ring (bicyclic) bond motifs is 1. The molecule has 1 aliphatic heterocycles. The fourth-order valence-electron chi connectivity index (χ4n) is 4.00. The van der Waals surface area contributed by atoms with E-state index in [1.165, 1.54) is 34.2 Å². The van der Waals surface area contributed by atoms with Gasteiger partial charge in [0.1, 0.15) is 16.9 Å². The molecule has 1 fully saturated rings. The van der Waals surface area contributed by atoms with Crippen molar-refractivity contribution in [3.05, 3.63) is 68.8 Å². The first kappa shape index (κ1) is 22.2. The summed E-state index contributed by atoms with van der Waals surface area (Å²) in [6.45, 7) is 0.398. The van der Waals surface area contributed by atoms with Crippen LogP contribution in [0.3, 0.4) is 0 Å². The Balaban J connectivity index is 1.49. The lowest BCUT2D eigenvalue weighted by atomic mass is 10.1. The number of hydrogen-bond donors (Lipinski definition) is 3. The van der Waals surface area contributed by atoms with E-state index in [2.05, 4.69) is 10.3 Å². The number of carbonyl (C=O) groups is 2. The van der Waals surface area contributed by atoms with Gasteiger partial charge in [0.05, 0.1) is 5.56 Å². The number of hydrogen-bond acceptors (Lipinski definition) is 7. The summed E-state index contributed by atoms with van der Waals surface area (Å²) in [4.78, 5) is 43.5. The number of nitrogens with one attached hydrogen (secondary N) is 1. The molecule has 3 aromatic rings. The van der Waals surface area contributed by atoms with E-state index in [4.69, 9.17) is 5.84 Å². The summed E-state index contributed by atoms with van der Waals surface area (Å²) in [6, 6.07) is 5.18. The van der Waals surface area contributed by atoms with Crippen molar-refractivity contribution in [2.24, 2.45) is 11.8 Å². The number of nitrogens with zero attached hydrogens (tertiary/aromatic N) is 3. The molecule has 0 bridgehead atoms. The Bertz CT molecular complexity index is 1330. The summed E-state index contributed by atoms with van der Waals surface area (Å²) in [7, 11) is 0. The minimum atomic E-state index is -0.902. The molecular weight excluding hydrogens is 461 g/mol. The van der Waals surface area contributed by atoms with Crippen LogP contribution in [0.15, 0.2) is 41.5 Å². The van der Waals surface area contributed by atoms with Crippen LogP contribution in [-0.2, 0) is 11.2 Å². The minimum absolute atomic E-state index is 0.0154. The molecule has 0 saturated heterocycles. The molecule has 1 atom stereocenters. The van der Waals surface area contributed by atoms with E-state index < -0.39 is 29.0 Å². The molecule has 11 heteroatoms. The molecule has 3 heterocycles. The molecular formula is C23H22FN5O4S. The number of rotatable bonds is 6. The maximum atomic E-state index is 13.2. The van der Waals surface area contributed by atoms with Gasteiger partial charge < -0.3 is 15.0 Å². The standard InChI is InChI=1S/C23H22FN5O4S/c24-14-5-3-12(4-6-14)7-15-8-27-22(34-15)16-11-28-17(23(33)29(25)10-13-1-2-13)9-26-21(32)18(28)20(31)19(16)30/h3-6,8,11,13,17,31H,1-2,7,9-10,25H2,(H,26,32). The number of halogens is 1. The van der Waals surface area contributed by atoms with E-state index >= 15 is 0 Å². The normalized spacial score (nSPS) is 17.2. The van der Waals surface area contributed by atoms with Crippen molar-refractivity contribution in [1.82, 2.24) is 19.9 Å². The summed E-state index contributed by atoms with van der Waals surface area (Å²) < 4.78 is 14.5. The largest absolute Gasteiger partial charge is 0.503 e. The van der Waals surface area contributed by atoms with Crippen LogP contribution in [0.1, 0.15) is 39.8 Å². The first-order valence-electron chi connectivity index (χ1n) is 10.8. The van der Waals surface area contributed by atoms with Gasteiger partial charge in [0, 0.05) is 36.8 Å². The Kier molecular flexibility index (Phi) is 5.66. The Morgan fingerprint density at radius 3 is 2.74 bits per heavy atom. The highest BCUT2D eigenvalue weighted by Crippen LogP contribution is 2.32. The van der Waals surface area contributed by atoms with Crippen molar-refractivity contribution in [1.29, 1.82) is 0 Å². The van der Waals surface area contributed by atoms with E-state index in [1.54, 1.807) is 18.3 Å². The highest BCUT2D eigenvalue weighted by Gasteiger charge is 2.36. The topological polar surface area (TPSA) is 131 Å². The molecule has 34 heavy (non-hydrogen) atoms. The summed E-state index contributed by atoms with van der Waals surface area (Å²) in [5.74, 6) is 4.23. The summed E-state index contributed by atoms with van der Waals surface area (Å²) >= 11 is 1.24. The molecule has 0 spiro atoms. The lowest BCUT2D eigenvalue weighted by Gasteiger charge is -2.31. The number of pyridine rings is 1. The van der Waals surface area contributed by atoms with Gasteiger partial charge in [-0.25, -0.2) is 15.2 Å². The van der Waals surface area contributed by atoms with Gasteiger partial charge in [0.2, 0.25) is 5.43 Å². The van der Waals surface area contributed by atoms with E-state index in [1.807, 2.05) is 0 Å². The van der Waals surface area contributed by atoms with Crippen molar-refractivity contribution in [3.63, 3.8) is 0 Å². The van der Waals surface area contributed by atoms with Crippen LogP contribution in [0.4, 0.5) is 4.39 Å². The van der Waals surface area contributed by atoms with Gasteiger partial charge in [-0.3, -0.25) is 19.4 Å². The van der Waals surface area contributed by atoms with Gasteiger partial charge in [-0.15, -0.1) is 11.3 Å². The predicted molar refractivity (Wildman–Crippen MR) is 123 cm³/mol. The monoisotopic (exact) mass is 483 g/mol. The number of thiazole rings is 1. The fourth-order valence-corrected chi connectivity index (χ4v) is 4.95. The first-order valence-corrected chi connectivity index (χ1v) is 11.7. The fraction of sp³-hybridized carbons (Fsp3) is 0.304. The quantitative estimate of drug-likeness (QED) is 0.278. The molecule has 0 radical (unpaired) electrons. The zero-order chi connectivity index (χ0) is 24.0. The third-order valence-corrected chi connectivity index (χ3v) is 7.04. The molecule has 2 aliphatic rings. The molecule has 1 saturated carbocycles. The number of benzene rings is 1. The Hall–Kier alpha value is -3.57. The lowest BCUT2D eigenvalue weighted by molar-refractivity contribution is -0.135. The number of aromatic hydroxyl groups is 1. The molecule has 2 amide bonds. The summed E-state index contributed by atoms with van der Waals surface area (Å²) in [5, 5.41) is 14.6. The van der Waals surface area contributed by atoms with Crippen LogP contribution in [-0.4, -0.2) is 44.6 Å². The van der Waals surface area contributed by atoms with Crippen molar-refractivity contribution >= 4 is 23.2 Å². The molecule has 1 aromatic carbocycles. The van der Waals surface area contributed by atoms with Crippen molar-refractivity contribution < 1.29 is 19.1 Å². The molecule has 2 aromatic heterocycles. The highest BCUT2D eigenvalue weighted by molar-refractivity contribution is 7.15. The molecule has 5 rings (SSSR count). The van der Waals surface area contributed by atoms with Crippen LogP contribution < -0.4 is 16.6 Å². The van der Waals surface area contributed by atoms with Gasteiger partial charge in [-0.1, -0.05) is 12.1 Å². The Morgan fingerprint density at radius 2 is 2.03 bits per heavy atom. The second-order valence-corrected chi connectivity index (χ2v) is 9.69. The van der Waals surface area contributed by atoms with Crippen LogP contribution in [0.2, 0.25) is 0 Å². The zero-order valence-electron chi connectivity index (χ0n) is 18.0. The van der Waals surface area contributed by atoms with Crippen molar-refractivity contribution in [2.75, 3.05) is 13.1 Å². The number of hydrazine groups is 1. The van der Waals surface area contributed by atoms with E-state index in [0.29, 0.717) is 23.9 Å². The number of aromatic nitrogens is 2. The molecule has 1 aliphatic carbocycles. The van der Waals surface area contributed by atoms with Crippen LogP contribution in [0, 0.1) is 11.7 Å². The second kappa shape index (κ2) is 8.65.